The zero-order chi connectivity index (χ0) is 19.9. The van der Waals surface area contributed by atoms with E-state index in [-0.39, 0.29) is 11.7 Å². The highest BCUT2D eigenvalue weighted by atomic mass is 32.2. The average molecular weight is 396 g/mol. The molecule has 1 amide bonds. The smallest absolute Gasteiger partial charge is 0.234 e. The van der Waals surface area contributed by atoms with Crippen molar-refractivity contribution in [3.8, 4) is 22.9 Å². The van der Waals surface area contributed by atoms with Gasteiger partial charge < -0.3 is 14.8 Å². The van der Waals surface area contributed by atoms with Crippen molar-refractivity contribution < 1.29 is 14.3 Å². The van der Waals surface area contributed by atoms with E-state index in [0.717, 1.165) is 16.4 Å². The summed E-state index contributed by atoms with van der Waals surface area (Å²) in [6.45, 7) is 1.82. The zero-order valence-corrected chi connectivity index (χ0v) is 16.6. The highest BCUT2D eigenvalue weighted by Gasteiger charge is 2.10. The van der Waals surface area contributed by atoms with E-state index in [1.54, 1.807) is 38.6 Å². The van der Waals surface area contributed by atoms with Crippen LogP contribution in [0.1, 0.15) is 5.82 Å². The minimum atomic E-state index is -0.145. The molecule has 2 heterocycles. The number of aryl methyl sites for hydroxylation is 1. The van der Waals surface area contributed by atoms with Gasteiger partial charge in [0.25, 0.3) is 0 Å². The molecule has 0 unspecified atom stereocenters. The summed E-state index contributed by atoms with van der Waals surface area (Å²) in [7, 11) is 3.12. The number of pyridine rings is 1. The summed E-state index contributed by atoms with van der Waals surface area (Å²) in [4.78, 5) is 25.4. The summed E-state index contributed by atoms with van der Waals surface area (Å²) in [5.41, 5.74) is 2.14. The Morgan fingerprint density at radius 1 is 1.04 bits per heavy atom. The number of anilines is 1. The number of hydrogen-bond donors (Lipinski definition) is 1. The lowest BCUT2D eigenvalue weighted by Gasteiger charge is -2.10. The van der Waals surface area contributed by atoms with Gasteiger partial charge in [-0.2, -0.15) is 0 Å². The summed E-state index contributed by atoms with van der Waals surface area (Å²) in [5.74, 6) is 1.86. The van der Waals surface area contributed by atoms with Crippen molar-refractivity contribution in [2.45, 2.75) is 11.9 Å². The second-order valence-electron chi connectivity index (χ2n) is 5.76. The van der Waals surface area contributed by atoms with Gasteiger partial charge in [0.05, 0.1) is 31.4 Å². The van der Waals surface area contributed by atoms with Crippen LogP contribution in [0.25, 0.3) is 11.4 Å². The number of methoxy groups -OCH3 is 2. The maximum atomic E-state index is 12.3. The van der Waals surface area contributed by atoms with Crippen molar-refractivity contribution in [1.82, 2.24) is 15.0 Å². The second kappa shape index (κ2) is 9.18. The number of nitrogens with one attached hydrogen (secondary N) is 1. The van der Waals surface area contributed by atoms with Gasteiger partial charge in [-0.1, -0.05) is 17.8 Å². The molecule has 28 heavy (non-hydrogen) atoms. The first-order valence-electron chi connectivity index (χ1n) is 8.51. The van der Waals surface area contributed by atoms with Crippen molar-refractivity contribution in [2.24, 2.45) is 0 Å². The van der Waals surface area contributed by atoms with Crippen molar-refractivity contribution in [3.05, 3.63) is 54.5 Å². The van der Waals surface area contributed by atoms with Gasteiger partial charge in [0.2, 0.25) is 5.91 Å². The predicted octanol–water partition coefficient (Wildman–Crippen LogP) is 3.60. The van der Waals surface area contributed by atoms with Crippen LogP contribution in [0, 0.1) is 6.92 Å². The number of benzene rings is 1. The Hall–Kier alpha value is -3.13. The van der Waals surface area contributed by atoms with Crippen molar-refractivity contribution >= 4 is 23.4 Å². The molecule has 3 aromatic rings. The number of aromatic nitrogens is 3. The zero-order valence-electron chi connectivity index (χ0n) is 15.8. The third kappa shape index (κ3) is 4.98. The third-order valence-electron chi connectivity index (χ3n) is 3.76. The SMILES string of the molecule is COc1ccc(NC(=O)CSc2cc(-c3ccccn3)nc(C)n2)cc1OC. The largest absolute Gasteiger partial charge is 0.493 e. The lowest BCUT2D eigenvalue weighted by Crippen LogP contribution is -2.14. The molecule has 0 spiro atoms. The Balaban J connectivity index is 1.66. The number of ether oxygens (including phenoxy) is 2. The number of carbonyl (C=O) groups is 1. The highest BCUT2D eigenvalue weighted by molar-refractivity contribution is 7.99. The molecule has 144 valence electrons. The van der Waals surface area contributed by atoms with Gasteiger partial charge in [-0.3, -0.25) is 9.78 Å². The molecule has 0 saturated carbocycles. The third-order valence-corrected chi connectivity index (χ3v) is 4.67. The van der Waals surface area contributed by atoms with Crippen LogP contribution in [0.5, 0.6) is 11.5 Å². The molecular weight excluding hydrogens is 376 g/mol. The van der Waals surface area contributed by atoms with Gasteiger partial charge in [-0.15, -0.1) is 0 Å². The second-order valence-corrected chi connectivity index (χ2v) is 6.76. The van der Waals surface area contributed by atoms with Crippen LogP contribution in [0.2, 0.25) is 0 Å². The first kappa shape index (κ1) is 19.6. The summed E-state index contributed by atoms with van der Waals surface area (Å²) in [6, 6.07) is 12.7. The van der Waals surface area contributed by atoms with Crippen molar-refractivity contribution in [2.75, 3.05) is 25.3 Å². The van der Waals surface area contributed by atoms with E-state index in [1.807, 2.05) is 31.2 Å². The first-order chi connectivity index (χ1) is 13.6. The van der Waals surface area contributed by atoms with Gasteiger partial charge in [-0.05, 0) is 37.3 Å². The van der Waals surface area contributed by atoms with E-state index < -0.39 is 0 Å². The molecule has 7 nitrogen and oxygen atoms in total. The average Bonchev–Trinajstić information content (AvgIpc) is 2.72. The van der Waals surface area contributed by atoms with E-state index in [9.17, 15) is 4.79 Å². The standard InChI is InChI=1S/C20H20N4O3S/c1-13-22-16(15-6-4-5-9-21-15)11-20(23-13)28-12-19(25)24-14-7-8-17(26-2)18(10-14)27-3/h4-11H,12H2,1-3H3,(H,24,25). The van der Waals surface area contributed by atoms with Crippen LogP contribution in [0.3, 0.4) is 0 Å². The van der Waals surface area contributed by atoms with Crippen LogP contribution < -0.4 is 14.8 Å². The van der Waals surface area contributed by atoms with Crippen molar-refractivity contribution in [3.63, 3.8) is 0 Å². The Morgan fingerprint density at radius 2 is 1.86 bits per heavy atom. The van der Waals surface area contributed by atoms with E-state index in [0.29, 0.717) is 23.0 Å². The Labute approximate surface area is 167 Å². The molecule has 3 rings (SSSR count). The molecule has 1 N–H and O–H groups in total. The van der Waals surface area contributed by atoms with Gasteiger partial charge in [0, 0.05) is 18.0 Å². The molecule has 0 aliphatic carbocycles. The fourth-order valence-corrected chi connectivity index (χ4v) is 3.25. The topological polar surface area (TPSA) is 86.2 Å². The lowest BCUT2D eigenvalue weighted by molar-refractivity contribution is -0.113. The molecule has 1 aromatic carbocycles. The summed E-state index contributed by atoms with van der Waals surface area (Å²) in [6.07, 6.45) is 1.72. The van der Waals surface area contributed by atoms with Crippen LogP contribution in [0.15, 0.2) is 53.7 Å². The van der Waals surface area contributed by atoms with E-state index in [1.165, 1.54) is 11.8 Å². The molecule has 0 saturated heterocycles. The van der Waals surface area contributed by atoms with Crippen LogP contribution in [-0.4, -0.2) is 40.8 Å². The number of nitrogens with zero attached hydrogens (tertiary/aromatic N) is 3. The fourth-order valence-electron chi connectivity index (χ4n) is 2.51. The number of thioether (sulfide) groups is 1. The maximum Gasteiger partial charge on any atom is 0.234 e. The van der Waals surface area contributed by atoms with E-state index in [4.69, 9.17) is 9.47 Å². The molecule has 0 atom stereocenters. The van der Waals surface area contributed by atoms with Gasteiger partial charge in [0.15, 0.2) is 11.5 Å². The number of amides is 1. The number of rotatable bonds is 7. The quantitative estimate of drug-likeness (QED) is 0.482. The van der Waals surface area contributed by atoms with Crippen LogP contribution in [0.4, 0.5) is 5.69 Å². The molecule has 2 aromatic heterocycles. The monoisotopic (exact) mass is 396 g/mol. The predicted molar refractivity (Wildman–Crippen MR) is 109 cm³/mol. The van der Waals surface area contributed by atoms with E-state index >= 15 is 0 Å². The summed E-state index contributed by atoms with van der Waals surface area (Å²) in [5, 5.41) is 3.57. The number of carbonyl (C=O) groups excluding carboxylic acids is 1. The molecule has 0 aliphatic heterocycles. The van der Waals surface area contributed by atoms with E-state index in [2.05, 4.69) is 20.3 Å². The van der Waals surface area contributed by atoms with Gasteiger partial charge in [-0.25, -0.2) is 9.97 Å². The molecular formula is C20H20N4O3S. The Kier molecular flexibility index (Phi) is 6.44. The van der Waals surface area contributed by atoms with Gasteiger partial charge in [0.1, 0.15) is 10.9 Å². The molecule has 0 aliphatic rings. The van der Waals surface area contributed by atoms with Crippen molar-refractivity contribution in [1.29, 1.82) is 0 Å². The van der Waals surface area contributed by atoms with Crippen LogP contribution >= 0.6 is 11.8 Å². The Morgan fingerprint density at radius 3 is 2.57 bits per heavy atom. The Bertz CT molecular complexity index is 967. The fraction of sp³-hybridized carbons (Fsp3) is 0.200. The minimum Gasteiger partial charge on any atom is -0.493 e. The van der Waals surface area contributed by atoms with Crippen LogP contribution in [-0.2, 0) is 4.79 Å². The molecule has 0 bridgehead atoms. The first-order valence-corrected chi connectivity index (χ1v) is 9.49. The maximum absolute atomic E-state index is 12.3. The highest BCUT2D eigenvalue weighted by Crippen LogP contribution is 2.30. The molecule has 8 heteroatoms. The lowest BCUT2D eigenvalue weighted by atomic mass is 10.2. The minimum absolute atomic E-state index is 0.145. The molecule has 0 radical (unpaired) electrons. The normalized spacial score (nSPS) is 10.4. The van der Waals surface area contributed by atoms with Gasteiger partial charge >= 0.3 is 0 Å². The summed E-state index contributed by atoms with van der Waals surface area (Å²) >= 11 is 1.34. The number of hydrogen-bond acceptors (Lipinski definition) is 7. The molecule has 0 fully saturated rings. The summed E-state index contributed by atoms with van der Waals surface area (Å²) < 4.78 is 10.5.